The second kappa shape index (κ2) is 8.29. The summed E-state index contributed by atoms with van der Waals surface area (Å²) in [7, 11) is 0. The highest BCUT2D eigenvalue weighted by molar-refractivity contribution is 8.00. The van der Waals surface area contributed by atoms with Gasteiger partial charge in [0, 0.05) is 12.1 Å². The van der Waals surface area contributed by atoms with Crippen LogP contribution < -0.4 is 10.7 Å². The Labute approximate surface area is 175 Å². The summed E-state index contributed by atoms with van der Waals surface area (Å²) >= 11 is 1.46. The van der Waals surface area contributed by atoms with Crippen molar-refractivity contribution in [1.29, 1.82) is 0 Å². The molecule has 1 aliphatic heterocycles. The van der Waals surface area contributed by atoms with E-state index in [2.05, 4.69) is 59.1 Å². The zero-order chi connectivity index (χ0) is 20.4. The molecule has 2 heterocycles. The predicted molar refractivity (Wildman–Crippen MR) is 117 cm³/mol. The average molecular weight is 408 g/mol. The Morgan fingerprint density at radius 3 is 2.59 bits per heavy atom. The Hall–Kier alpha value is -2.80. The molecular weight excluding hydrogens is 382 g/mol. The Morgan fingerprint density at radius 2 is 1.86 bits per heavy atom. The van der Waals surface area contributed by atoms with E-state index >= 15 is 0 Å². The van der Waals surface area contributed by atoms with E-state index in [-0.39, 0.29) is 17.2 Å². The van der Waals surface area contributed by atoms with Gasteiger partial charge in [0.1, 0.15) is 5.25 Å². The summed E-state index contributed by atoms with van der Waals surface area (Å²) in [5, 5.41) is 12.0. The van der Waals surface area contributed by atoms with Crippen LogP contribution in [0.5, 0.6) is 0 Å². The normalized spacial score (nSPS) is 18.0. The van der Waals surface area contributed by atoms with Gasteiger partial charge in [0.2, 0.25) is 11.1 Å². The van der Waals surface area contributed by atoms with Crippen molar-refractivity contribution < 1.29 is 4.79 Å². The second-order valence-corrected chi connectivity index (χ2v) is 8.25. The van der Waals surface area contributed by atoms with Gasteiger partial charge in [-0.1, -0.05) is 73.6 Å². The molecule has 0 radical (unpaired) electrons. The third-order valence-corrected chi connectivity index (χ3v) is 6.39. The Balaban J connectivity index is 1.68. The number of fused-ring (bicyclic) bond motifs is 1. The third-order valence-electron chi connectivity index (χ3n) is 5.17. The Kier molecular flexibility index (Phi) is 5.58. The van der Waals surface area contributed by atoms with Crippen molar-refractivity contribution in [2.45, 2.75) is 50.1 Å². The Morgan fingerprint density at radius 1 is 1.10 bits per heavy atom. The molecule has 2 aromatic carbocycles. The van der Waals surface area contributed by atoms with Crippen LogP contribution in [0.1, 0.15) is 42.4 Å². The molecule has 0 fully saturated rings. The van der Waals surface area contributed by atoms with Crippen LogP contribution in [-0.4, -0.2) is 26.0 Å². The molecule has 0 spiro atoms. The lowest BCUT2D eigenvalue weighted by atomic mass is 10.0. The van der Waals surface area contributed by atoms with Gasteiger partial charge >= 0.3 is 0 Å². The first kappa shape index (κ1) is 19.5. The summed E-state index contributed by atoms with van der Waals surface area (Å²) in [6.07, 6.45) is 1.63. The number of amides is 1. The SMILES string of the molecule is CCc1ccccc1NC(=O)[C@H]1Sc2nnc(CC)n2N[C@H]1c1ccc(C)cc1. The molecule has 2 atom stereocenters. The first-order valence-corrected chi connectivity index (χ1v) is 10.8. The van der Waals surface area contributed by atoms with E-state index < -0.39 is 0 Å². The van der Waals surface area contributed by atoms with E-state index in [1.807, 2.05) is 35.9 Å². The molecule has 0 bridgehead atoms. The third kappa shape index (κ3) is 3.87. The molecule has 1 aliphatic rings. The summed E-state index contributed by atoms with van der Waals surface area (Å²) in [5.41, 5.74) is 7.73. The summed E-state index contributed by atoms with van der Waals surface area (Å²) < 4.78 is 1.92. The molecule has 0 saturated carbocycles. The van der Waals surface area contributed by atoms with E-state index in [0.717, 1.165) is 35.5 Å². The van der Waals surface area contributed by atoms with Gasteiger partial charge in [0.15, 0.2) is 5.82 Å². The number of thioether (sulfide) groups is 1. The minimum atomic E-state index is -0.371. The first-order chi connectivity index (χ1) is 14.1. The van der Waals surface area contributed by atoms with Gasteiger partial charge in [-0.25, -0.2) is 4.68 Å². The van der Waals surface area contributed by atoms with E-state index in [9.17, 15) is 4.79 Å². The maximum atomic E-state index is 13.3. The molecule has 150 valence electrons. The fourth-order valence-corrected chi connectivity index (χ4v) is 4.60. The van der Waals surface area contributed by atoms with Gasteiger partial charge in [-0.15, -0.1) is 10.2 Å². The lowest BCUT2D eigenvalue weighted by Crippen LogP contribution is -2.41. The molecule has 6 nitrogen and oxygen atoms in total. The van der Waals surface area contributed by atoms with Gasteiger partial charge in [0.05, 0.1) is 6.04 Å². The quantitative estimate of drug-likeness (QED) is 0.666. The number of carbonyl (C=O) groups excluding carboxylic acids is 1. The topological polar surface area (TPSA) is 71.8 Å². The number of rotatable bonds is 5. The van der Waals surface area contributed by atoms with Crippen molar-refractivity contribution in [2.24, 2.45) is 0 Å². The lowest BCUT2D eigenvalue weighted by molar-refractivity contribution is -0.116. The summed E-state index contributed by atoms with van der Waals surface area (Å²) in [4.78, 5) is 13.3. The van der Waals surface area contributed by atoms with E-state index in [4.69, 9.17) is 0 Å². The fourth-order valence-electron chi connectivity index (χ4n) is 3.51. The monoisotopic (exact) mass is 407 g/mol. The van der Waals surface area contributed by atoms with Gasteiger partial charge in [0.25, 0.3) is 0 Å². The summed E-state index contributed by atoms with van der Waals surface area (Å²) in [5.74, 6) is 0.820. The highest BCUT2D eigenvalue weighted by Crippen LogP contribution is 2.37. The smallest absolute Gasteiger partial charge is 0.240 e. The summed E-state index contributed by atoms with van der Waals surface area (Å²) in [6, 6.07) is 16.1. The number of aromatic nitrogens is 3. The minimum Gasteiger partial charge on any atom is -0.325 e. The van der Waals surface area contributed by atoms with E-state index in [0.29, 0.717) is 5.16 Å². The molecule has 2 N–H and O–H groups in total. The number of carbonyl (C=O) groups is 1. The molecule has 7 heteroatoms. The van der Waals surface area contributed by atoms with Crippen molar-refractivity contribution in [3.63, 3.8) is 0 Å². The number of aryl methyl sites for hydroxylation is 3. The highest BCUT2D eigenvalue weighted by Gasteiger charge is 2.37. The van der Waals surface area contributed by atoms with Crippen molar-refractivity contribution in [3.8, 4) is 0 Å². The van der Waals surface area contributed by atoms with Crippen molar-refractivity contribution in [3.05, 3.63) is 71.0 Å². The van der Waals surface area contributed by atoms with Gasteiger partial charge in [-0.3, -0.25) is 4.79 Å². The maximum Gasteiger partial charge on any atom is 0.240 e. The number of nitrogens with zero attached hydrogens (tertiary/aromatic N) is 3. The van der Waals surface area contributed by atoms with Crippen molar-refractivity contribution in [2.75, 3.05) is 10.7 Å². The number of nitrogens with one attached hydrogen (secondary N) is 2. The van der Waals surface area contributed by atoms with Crippen molar-refractivity contribution in [1.82, 2.24) is 14.9 Å². The largest absolute Gasteiger partial charge is 0.325 e. The van der Waals surface area contributed by atoms with Gasteiger partial charge in [-0.2, -0.15) is 0 Å². The van der Waals surface area contributed by atoms with Crippen LogP contribution >= 0.6 is 11.8 Å². The van der Waals surface area contributed by atoms with E-state index in [1.54, 1.807) is 0 Å². The number of anilines is 1. The number of hydrogen-bond acceptors (Lipinski definition) is 5. The van der Waals surface area contributed by atoms with Crippen LogP contribution in [-0.2, 0) is 17.6 Å². The molecule has 0 aliphatic carbocycles. The number of hydrogen-bond donors (Lipinski definition) is 2. The molecule has 0 saturated heterocycles. The second-order valence-electron chi connectivity index (χ2n) is 7.14. The average Bonchev–Trinajstić information content (AvgIpc) is 3.16. The standard InChI is InChI=1S/C22H25N5OS/c1-4-15-8-6-7-9-17(15)23-21(28)20-19(16-12-10-14(3)11-13-16)26-27-18(5-2)24-25-22(27)29-20/h6-13,19-20,26H,4-5H2,1-3H3,(H,23,28)/t19-,20-/m0/s1. The molecular formula is C22H25N5OS. The molecule has 1 amide bonds. The maximum absolute atomic E-state index is 13.3. The van der Waals surface area contributed by atoms with Crippen LogP contribution in [0.25, 0.3) is 0 Å². The van der Waals surface area contributed by atoms with Gasteiger partial charge < -0.3 is 10.7 Å². The minimum absolute atomic E-state index is 0.0405. The number of benzene rings is 2. The molecule has 0 unspecified atom stereocenters. The van der Waals surface area contributed by atoms with Crippen LogP contribution in [0.4, 0.5) is 5.69 Å². The number of para-hydroxylation sites is 1. The lowest BCUT2D eigenvalue weighted by Gasteiger charge is -2.33. The van der Waals surface area contributed by atoms with Crippen LogP contribution in [0.2, 0.25) is 0 Å². The van der Waals surface area contributed by atoms with Crippen LogP contribution in [0.3, 0.4) is 0 Å². The molecule has 29 heavy (non-hydrogen) atoms. The predicted octanol–water partition coefficient (Wildman–Crippen LogP) is 4.11. The zero-order valence-corrected chi connectivity index (χ0v) is 17.7. The fraction of sp³-hybridized carbons (Fsp3) is 0.318. The molecule has 4 rings (SSSR count). The molecule has 3 aromatic rings. The molecule has 1 aromatic heterocycles. The summed E-state index contributed by atoms with van der Waals surface area (Å²) in [6.45, 7) is 6.20. The first-order valence-electron chi connectivity index (χ1n) is 9.93. The van der Waals surface area contributed by atoms with Crippen LogP contribution in [0.15, 0.2) is 53.7 Å². The van der Waals surface area contributed by atoms with Gasteiger partial charge in [-0.05, 0) is 30.5 Å². The Bertz CT molecular complexity index is 1010. The van der Waals surface area contributed by atoms with E-state index in [1.165, 1.54) is 17.3 Å². The van der Waals surface area contributed by atoms with Crippen LogP contribution in [0, 0.1) is 6.92 Å². The van der Waals surface area contributed by atoms with Crippen molar-refractivity contribution >= 4 is 23.4 Å². The highest BCUT2D eigenvalue weighted by atomic mass is 32.2. The zero-order valence-electron chi connectivity index (χ0n) is 16.8.